The van der Waals surface area contributed by atoms with E-state index < -0.39 is 10.0 Å². The van der Waals surface area contributed by atoms with E-state index in [1.165, 1.54) is 5.56 Å². The highest BCUT2D eigenvalue weighted by molar-refractivity contribution is 7.89. The van der Waals surface area contributed by atoms with Crippen LogP contribution in [0, 0.1) is 0 Å². The molecular formula is C13H22N2O2S. The highest BCUT2D eigenvalue weighted by atomic mass is 32.2. The minimum Gasteiger partial charge on any atom is -0.323 e. The summed E-state index contributed by atoms with van der Waals surface area (Å²) in [6.45, 7) is 6.09. The summed E-state index contributed by atoms with van der Waals surface area (Å²) in [5.74, 6) is 0.556. The van der Waals surface area contributed by atoms with Crippen molar-refractivity contribution in [1.29, 1.82) is 0 Å². The molecule has 0 radical (unpaired) electrons. The maximum absolute atomic E-state index is 11.3. The molecule has 0 aromatic heterocycles. The molecular weight excluding hydrogens is 248 g/mol. The quantitative estimate of drug-likeness (QED) is 0.827. The molecule has 1 rings (SSSR count). The molecule has 102 valence electrons. The molecule has 4 nitrogen and oxygen atoms in total. The normalized spacial score (nSPS) is 13.8. The van der Waals surface area contributed by atoms with Crippen molar-refractivity contribution in [3.63, 3.8) is 0 Å². The number of hydrogen-bond acceptors (Lipinski definition) is 3. The van der Waals surface area contributed by atoms with Gasteiger partial charge in [0.05, 0.1) is 5.75 Å². The van der Waals surface area contributed by atoms with Gasteiger partial charge in [-0.1, -0.05) is 38.1 Å². The molecule has 0 aliphatic heterocycles. The van der Waals surface area contributed by atoms with Crippen molar-refractivity contribution in [3.05, 3.63) is 35.4 Å². The number of hydrogen-bond donors (Lipinski definition) is 2. The molecule has 0 aliphatic carbocycles. The predicted octanol–water partition coefficient (Wildman–Crippen LogP) is 1.75. The van der Waals surface area contributed by atoms with Crippen LogP contribution in [0.3, 0.4) is 0 Å². The zero-order valence-electron chi connectivity index (χ0n) is 11.2. The van der Waals surface area contributed by atoms with Crippen LogP contribution in [0.1, 0.15) is 43.9 Å². The maximum Gasteiger partial charge on any atom is 0.211 e. The number of benzene rings is 1. The zero-order valence-corrected chi connectivity index (χ0v) is 12.0. The van der Waals surface area contributed by atoms with Gasteiger partial charge < -0.3 is 5.73 Å². The number of nitrogens with one attached hydrogen (secondary N) is 1. The van der Waals surface area contributed by atoms with Crippen molar-refractivity contribution < 1.29 is 8.42 Å². The number of rotatable bonds is 6. The monoisotopic (exact) mass is 270 g/mol. The molecule has 18 heavy (non-hydrogen) atoms. The summed E-state index contributed by atoms with van der Waals surface area (Å²) < 4.78 is 25.1. The Kier molecular flexibility index (Phi) is 5.31. The first-order chi connectivity index (χ1) is 8.35. The van der Waals surface area contributed by atoms with E-state index in [0.29, 0.717) is 5.92 Å². The van der Waals surface area contributed by atoms with E-state index >= 15 is 0 Å². The van der Waals surface area contributed by atoms with Gasteiger partial charge in [-0.25, -0.2) is 13.1 Å². The Hall–Kier alpha value is -0.910. The van der Waals surface area contributed by atoms with Crippen molar-refractivity contribution in [3.8, 4) is 0 Å². The van der Waals surface area contributed by atoms with Crippen molar-refractivity contribution >= 4 is 10.0 Å². The Morgan fingerprint density at radius 2 is 1.67 bits per heavy atom. The van der Waals surface area contributed by atoms with Gasteiger partial charge in [0.25, 0.3) is 0 Å². The highest BCUT2D eigenvalue weighted by Crippen LogP contribution is 2.17. The fraction of sp³-hybridized carbons (Fsp3) is 0.538. The van der Waals surface area contributed by atoms with Crippen LogP contribution in [-0.2, 0) is 10.0 Å². The Labute approximate surface area is 110 Å². The van der Waals surface area contributed by atoms with Crippen molar-refractivity contribution in [2.45, 2.75) is 32.7 Å². The lowest BCUT2D eigenvalue weighted by Gasteiger charge is -2.14. The Morgan fingerprint density at radius 1 is 1.17 bits per heavy atom. The molecule has 0 saturated heterocycles. The van der Waals surface area contributed by atoms with Crippen LogP contribution in [0.2, 0.25) is 0 Å². The number of sulfonamides is 1. The third kappa shape index (κ3) is 4.40. The van der Waals surface area contributed by atoms with Gasteiger partial charge in [-0.15, -0.1) is 0 Å². The Bertz CT molecular complexity index is 466. The molecule has 0 saturated carbocycles. The minimum atomic E-state index is -3.17. The Balaban J connectivity index is 2.65. The van der Waals surface area contributed by atoms with Gasteiger partial charge in [0.2, 0.25) is 10.0 Å². The topological polar surface area (TPSA) is 72.2 Å². The van der Waals surface area contributed by atoms with Crippen LogP contribution in [0.25, 0.3) is 0 Å². The van der Waals surface area contributed by atoms with Gasteiger partial charge in [-0.2, -0.15) is 0 Å². The summed E-state index contributed by atoms with van der Waals surface area (Å²) in [6, 6.07) is 7.68. The van der Waals surface area contributed by atoms with E-state index in [1.54, 1.807) is 6.92 Å². The average Bonchev–Trinajstić information content (AvgIpc) is 2.36. The third-order valence-electron chi connectivity index (χ3n) is 2.93. The van der Waals surface area contributed by atoms with E-state index in [0.717, 1.165) is 5.56 Å². The van der Waals surface area contributed by atoms with Crippen molar-refractivity contribution in [2.24, 2.45) is 5.73 Å². The molecule has 5 heteroatoms. The van der Waals surface area contributed by atoms with E-state index in [1.807, 2.05) is 24.3 Å². The molecule has 0 unspecified atom stereocenters. The van der Waals surface area contributed by atoms with Gasteiger partial charge in [-0.3, -0.25) is 0 Å². The minimum absolute atomic E-state index is 0.0754. The third-order valence-corrected chi connectivity index (χ3v) is 4.30. The summed E-state index contributed by atoms with van der Waals surface area (Å²) in [5, 5.41) is 0. The summed E-state index contributed by atoms with van der Waals surface area (Å²) in [4.78, 5) is 0. The lowest BCUT2D eigenvalue weighted by molar-refractivity contribution is 0.573. The van der Waals surface area contributed by atoms with Crippen LogP contribution in [0.15, 0.2) is 24.3 Å². The van der Waals surface area contributed by atoms with Crippen molar-refractivity contribution in [2.75, 3.05) is 12.3 Å². The second kappa shape index (κ2) is 6.31. The molecule has 3 N–H and O–H groups in total. The fourth-order valence-electron chi connectivity index (χ4n) is 1.56. The molecule has 0 aliphatic rings. The summed E-state index contributed by atoms with van der Waals surface area (Å²) in [7, 11) is -3.17. The molecule has 1 aromatic carbocycles. The lowest BCUT2D eigenvalue weighted by atomic mass is 9.99. The van der Waals surface area contributed by atoms with E-state index in [2.05, 4.69) is 18.6 Å². The van der Waals surface area contributed by atoms with Gasteiger partial charge in [0, 0.05) is 12.6 Å². The van der Waals surface area contributed by atoms with Crippen molar-refractivity contribution in [1.82, 2.24) is 4.72 Å². The highest BCUT2D eigenvalue weighted by Gasteiger charge is 2.11. The Morgan fingerprint density at radius 3 is 2.11 bits per heavy atom. The SMILES string of the molecule is CCS(=O)(=O)NC[C@H](N)c1ccc(C(C)C)cc1. The molecule has 1 aromatic rings. The average molecular weight is 270 g/mol. The summed E-state index contributed by atoms with van der Waals surface area (Å²) in [6.07, 6.45) is 0. The second-order valence-corrected chi connectivity index (χ2v) is 6.78. The zero-order chi connectivity index (χ0) is 13.8. The second-order valence-electron chi connectivity index (χ2n) is 4.68. The van der Waals surface area contributed by atoms with E-state index in [4.69, 9.17) is 5.73 Å². The molecule has 1 atom stereocenters. The van der Waals surface area contributed by atoms with E-state index in [9.17, 15) is 8.42 Å². The molecule has 0 bridgehead atoms. The van der Waals surface area contributed by atoms with Crippen LogP contribution >= 0.6 is 0 Å². The smallest absolute Gasteiger partial charge is 0.211 e. The summed E-state index contributed by atoms with van der Waals surface area (Å²) >= 11 is 0. The first-order valence-corrected chi connectivity index (χ1v) is 7.83. The van der Waals surface area contributed by atoms with Crippen LogP contribution in [-0.4, -0.2) is 20.7 Å². The molecule has 0 spiro atoms. The maximum atomic E-state index is 11.3. The van der Waals surface area contributed by atoms with E-state index in [-0.39, 0.29) is 18.3 Å². The standard InChI is InChI=1S/C13H22N2O2S/c1-4-18(16,17)15-9-13(14)12-7-5-11(6-8-12)10(2)3/h5-8,10,13,15H,4,9,14H2,1-3H3/t13-/m0/s1. The van der Waals surface area contributed by atoms with Crippen LogP contribution in [0.5, 0.6) is 0 Å². The van der Waals surface area contributed by atoms with Gasteiger partial charge in [-0.05, 0) is 24.0 Å². The fourth-order valence-corrected chi connectivity index (χ4v) is 2.20. The van der Waals surface area contributed by atoms with Gasteiger partial charge >= 0.3 is 0 Å². The molecule has 0 fully saturated rings. The summed E-state index contributed by atoms with van der Waals surface area (Å²) in [5.41, 5.74) is 8.15. The largest absolute Gasteiger partial charge is 0.323 e. The van der Waals surface area contributed by atoms with Crippen LogP contribution in [0.4, 0.5) is 0 Å². The first kappa shape index (κ1) is 15.1. The van der Waals surface area contributed by atoms with Gasteiger partial charge in [0.15, 0.2) is 0 Å². The molecule has 0 heterocycles. The molecule has 0 amide bonds. The lowest BCUT2D eigenvalue weighted by Crippen LogP contribution is -2.32. The van der Waals surface area contributed by atoms with Gasteiger partial charge in [0.1, 0.15) is 0 Å². The first-order valence-electron chi connectivity index (χ1n) is 6.18. The predicted molar refractivity (Wildman–Crippen MR) is 74.9 cm³/mol. The van der Waals surface area contributed by atoms with Crippen LogP contribution < -0.4 is 10.5 Å². The number of nitrogens with two attached hydrogens (primary N) is 1.